The van der Waals surface area contributed by atoms with Crippen molar-refractivity contribution in [1.29, 1.82) is 0 Å². The fraction of sp³-hybridized carbons (Fsp3) is 1.00. The predicted octanol–water partition coefficient (Wildman–Crippen LogP) is 2.45. The van der Waals surface area contributed by atoms with Crippen molar-refractivity contribution in [1.82, 2.24) is 5.32 Å². The molecule has 0 aromatic rings. The van der Waals surface area contributed by atoms with E-state index in [0.717, 1.165) is 25.7 Å². The van der Waals surface area contributed by atoms with Crippen LogP contribution < -0.4 is 5.32 Å². The molecule has 2 saturated heterocycles. The maximum absolute atomic E-state index is 5.71. The topological polar surface area (TPSA) is 30.5 Å². The summed E-state index contributed by atoms with van der Waals surface area (Å²) < 4.78 is 11.2. The van der Waals surface area contributed by atoms with E-state index >= 15 is 0 Å². The molecule has 2 unspecified atom stereocenters. The normalized spacial score (nSPS) is 30.8. The van der Waals surface area contributed by atoms with Gasteiger partial charge in [-0.1, -0.05) is 0 Å². The number of ether oxygens (including phenoxy) is 2. The van der Waals surface area contributed by atoms with E-state index in [1.165, 1.54) is 51.5 Å². The van der Waals surface area contributed by atoms with Crippen LogP contribution in [0.25, 0.3) is 0 Å². The zero-order valence-electron chi connectivity index (χ0n) is 10.2. The van der Waals surface area contributed by atoms with Gasteiger partial charge in [0, 0.05) is 19.3 Å². The highest BCUT2D eigenvalue weighted by Gasteiger charge is 2.15. The molecule has 0 saturated carbocycles. The first-order valence-electron chi connectivity index (χ1n) is 6.92. The molecule has 0 aliphatic carbocycles. The van der Waals surface area contributed by atoms with Crippen LogP contribution in [0.4, 0.5) is 0 Å². The monoisotopic (exact) mass is 227 g/mol. The molecule has 0 amide bonds. The highest BCUT2D eigenvalue weighted by Crippen LogP contribution is 2.15. The van der Waals surface area contributed by atoms with Crippen molar-refractivity contribution in [3.63, 3.8) is 0 Å². The molecule has 0 aromatic heterocycles. The molecular weight excluding hydrogens is 202 g/mol. The molecule has 0 radical (unpaired) electrons. The molecule has 2 fully saturated rings. The molecule has 94 valence electrons. The molecule has 2 heterocycles. The molecular formula is C13H25NO2. The van der Waals surface area contributed by atoms with Crippen molar-refractivity contribution in [2.45, 2.75) is 63.7 Å². The number of unbranched alkanes of at least 4 members (excludes halogenated alkanes) is 1. The van der Waals surface area contributed by atoms with Crippen LogP contribution in [-0.4, -0.2) is 32.1 Å². The van der Waals surface area contributed by atoms with Gasteiger partial charge in [-0.3, -0.25) is 0 Å². The van der Waals surface area contributed by atoms with E-state index in [4.69, 9.17) is 9.47 Å². The minimum absolute atomic E-state index is 0.0957. The average molecular weight is 227 g/mol. The molecule has 2 aliphatic heterocycles. The van der Waals surface area contributed by atoms with Crippen LogP contribution in [0.2, 0.25) is 0 Å². The van der Waals surface area contributed by atoms with Gasteiger partial charge in [0.15, 0.2) is 6.29 Å². The van der Waals surface area contributed by atoms with Crippen molar-refractivity contribution < 1.29 is 9.47 Å². The summed E-state index contributed by atoms with van der Waals surface area (Å²) >= 11 is 0. The molecule has 2 rings (SSSR count). The highest BCUT2D eigenvalue weighted by atomic mass is 16.7. The Morgan fingerprint density at radius 1 is 1.12 bits per heavy atom. The van der Waals surface area contributed by atoms with Gasteiger partial charge in [0.25, 0.3) is 0 Å². The molecule has 2 aliphatic rings. The Hall–Kier alpha value is -0.120. The summed E-state index contributed by atoms with van der Waals surface area (Å²) in [6.45, 7) is 2.98. The Labute approximate surface area is 98.9 Å². The lowest BCUT2D eigenvalue weighted by molar-refractivity contribution is -0.162. The van der Waals surface area contributed by atoms with Gasteiger partial charge in [0.2, 0.25) is 0 Å². The lowest BCUT2D eigenvalue weighted by atomic mass is 10.1. The number of hydrogen-bond donors (Lipinski definition) is 1. The van der Waals surface area contributed by atoms with E-state index in [0.29, 0.717) is 0 Å². The Balaban J connectivity index is 1.42. The summed E-state index contributed by atoms with van der Waals surface area (Å²) in [4.78, 5) is 0. The smallest absolute Gasteiger partial charge is 0.157 e. The van der Waals surface area contributed by atoms with Gasteiger partial charge in [-0.25, -0.2) is 0 Å². The van der Waals surface area contributed by atoms with Gasteiger partial charge in [-0.2, -0.15) is 0 Å². The molecule has 16 heavy (non-hydrogen) atoms. The lowest BCUT2D eigenvalue weighted by Gasteiger charge is -2.22. The zero-order chi connectivity index (χ0) is 11.1. The summed E-state index contributed by atoms with van der Waals surface area (Å²) in [7, 11) is 0. The highest BCUT2D eigenvalue weighted by molar-refractivity contribution is 4.73. The fourth-order valence-corrected chi connectivity index (χ4v) is 2.55. The Bertz CT molecular complexity index is 175. The third kappa shape index (κ3) is 4.40. The maximum atomic E-state index is 5.71. The molecule has 0 bridgehead atoms. The molecule has 3 nitrogen and oxygen atoms in total. The fourth-order valence-electron chi connectivity index (χ4n) is 2.55. The van der Waals surface area contributed by atoms with Gasteiger partial charge in [-0.05, 0) is 57.9 Å². The van der Waals surface area contributed by atoms with Crippen molar-refractivity contribution in [3.8, 4) is 0 Å². The number of rotatable bonds is 6. The van der Waals surface area contributed by atoms with Crippen LogP contribution in [0, 0.1) is 0 Å². The molecule has 1 N–H and O–H groups in total. The van der Waals surface area contributed by atoms with Crippen LogP contribution in [0.15, 0.2) is 0 Å². The third-order valence-corrected chi connectivity index (χ3v) is 3.55. The second kappa shape index (κ2) is 7.25. The van der Waals surface area contributed by atoms with Gasteiger partial charge >= 0.3 is 0 Å². The van der Waals surface area contributed by atoms with Gasteiger partial charge in [-0.15, -0.1) is 0 Å². The van der Waals surface area contributed by atoms with E-state index < -0.39 is 0 Å². The standard InChI is InChI=1S/C13H25NO2/c1(6-12-7-5-9-14-12)3-10-15-13-8-2-4-11-16-13/h12-14H,1-11H2. The Morgan fingerprint density at radius 2 is 2.12 bits per heavy atom. The summed E-state index contributed by atoms with van der Waals surface area (Å²) in [5.74, 6) is 0. The van der Waals surface area contributed by atoms with Crippen LogP contribution in [-0.2, 0) is 9.47 Å². The zero-order valence-corrected chi connectivity index (χ0v) is 10.2. The summed E-state index contributed by atoms with van der Waals surface area (Å²) in [5, 5.41) is 3.53. The van der Waals surface area contributed by atoms with E-state index in [1.807, 2.05) is 0 Å². The van der Waals surface area contributed by atoms with Crippen LogP contribution >= 0.6 is 0 Å². The summed E-state index contributed by atoms with van der Waals surface area (Å²) in [5.41, 5.74) is 0. The third-order valence-electron chi connectivity index (χ3n) is 3.55. The van der Waals surface area contributed by atoms with E-state index in [9.17, 15) is 0 Å². The Kier molecular flexibility index (Phi) is 5.59. The van der Waals surface area contributed by atoms with Crippen molar-refractivity contribution in [2.24, 2.45) is 0 Å². The quantitative estimate of drug-likeness (QED) is 0.707. The number of hydrogen-bond acceptors (Lipinski definition) is 3. The largest absolute Gasteiger partial charge is 0.353 e. The minimum Gasteiger partial charge on any atom is -0.353 e. The second-order valence-electron chi connectivity index (χ2n) is 4.96. The van der Waals surface area contributed by atoms with Gasteiger partial charge in [0.05, 0.1) is 0 Å². The average Bonchev–Trinajstić information content (AvgIpc) is 2.83. The lowest BCUT2D eigenvalue weighted by Crippen LogP contribution is -2.23. The Morgan fingerprint density at radius 3 is 2.88 bits per heavy atom. The van der Waals surface area contributed by atoms with Crippen molar-refractivity contribution >= 4 is 0 Å². The molecule has 0 spiro atoms. The summed E-state index contributed by atoms with van der Waals surface area (Å²) in [6, 6.07) is 0.783. The molecule has 0 aromatic carbocycles. The first kappa shape index (κ1) is 12.3. The first-order valence-corrected chi connectivity index (χ1v) is 6.92. The van der Waals surface area contributed by atoms with E-state index in [-0.39, 0.29) is 6.29 Å². The van der Waals surface area contributed by atoms with Gasteiger partial charge in [0.1, 0.15) is 0 Å². The van der Waals surface area contributed by atoms with Crippen molar-refractivity contribution in [3.05, 3.63) is 0 Å². The molecule has 3 heteroatoms. The van der Waals surface area contributed by atoms with E-state index in [2.05, 4.69) is 5.32 Å². The van der Waals surface area contributed by atoms with Gasteiger partial charge < -0.3 is 14.8 Å². The molecule has 2 atom stereocenters. The van der Waals surface area contributed by atoms with Crippen LogP contribution in [0.1, 0.15) is 51.4 Å². The summed E-state index contributed by atoms with van der Waals surface area (Å²) in [6.07, 6.45) is 10.1. The second-order valence-corrected chi connectivity index (χ2v) is 4.96. The van der Waals surface area contributed by atoms with E-state index in [1.54, 1.807) is 0 Å². The minimum atomic E-state index is 0.0957. The van der Waals surface area contributed by atoms with Crippen LogP contribution in [0.5, 0.6) is 0 Å². The SMILES string of the molecule is C(CCC1CCCN1)COC1CCCCO1. The maximum Gasteiger partial charge on any atom is 0.157 e. The number of nitrogens with one attached hydrogen (secondary N) is 1. The predicted molar refractivity (Wildman–Crippen MR) is 64.4 cm³/mol. The van der Waals surface area contributed by atoms with Crippen molar-refractivity contribution in [2.75, 3.05) is 19.8 Å². The first-order chi connectivity index (χ1) is 7.95. The van der Waals surface area contributed by atoms with Crippen LogP contribution in [0.3, 0.4) is 0 Å².